The van der Waals surface area contributed by atoms with Crippen LogP contribution in [0.5, 0.6) is 0 Å². The zero-order chi connectivity index (χ0) is 22.4. The van der Waals surface area contributed by atoms with E-state index in [1.165, 1.54) is 56.9 Å². The van der Waals surface area contributed by atoms with Crippen molar-refractivity contribution in [3.63, 3.8) is 0 Å². The molecule has 0 aromatic heterocycles. The molecule has 0 aromatic rings. The first-order valence-corrected chi connectivity index (χ1v) is 13.7. The first-order valence-electron chi connectivity index (χ1n) is 13.7. The SMILES string of the molecule is CC[C@@H](CC[C@@H](C)[C@H]1CC[C@H]2[C@@H]3CC=C4C[C@@H](O)CC[C@]4(CO)[C@@H]3CC[C@]12C)C(C)C. The maximum Gasteiger partial charge on any atom is 0.0577 e. The third kappa shape index (κ3) is 3.96. The minimum absolute atomic E-state index is 0.0151. The van der Waals surface area contributed by atoms with Gasteiger partial charge in [-0.25, -0.2) is 0 Å². The molecule has 3 fully saturated rings. The Labute approximate surface area is 192 Å². The van der Waals surface area contributed by atoms with Gasteiger partial charge in [-0.3, -0.25) is 0 Å². The van der Waals surface area contributed by atoms with Gasteiger partial charge in [-0.05, 0) is 105 Å². The summed E-state index contributed by atoms with van der Waals surface area (Å²) in [6.07, 6.45) is 15.7. The van der Waals surface area contributed by atoms with Crippen LogP contribution in [0.15, 0.2) is 11.6 Å². The summed E-state index contributed by atoms with van der Waals surface area (Å²) in [6.45, 7) is 12.7. The average Bonchev–Trinajstić information content (AvgIpc) is 3.10. The van der Waals surface area contributed by atoms with E-state index in [-0.39, 0.29) is 11.5 Å². The second kappa shape index (κ2) is 9.13. The van der Waals surface area contributed by atoms with Gasteiger partial charge in [0.15, 0.2) is 0 Å². The van der Waals surface area contributed by atoms with Gasteiger partial charge in [0.2, 0.25) is 0 Å². The molecule has 4 rings (SSSR count). The summed E-state index contributed by atoms with van der Waals surface area (Å²) in [5.74, 6) is 5.64. The Morgan fingerprint density at radius 1 is 1.03 bits per heavy atom. The van der Waals surface area contributed by atoms with Crippen molar-refractivity contribution in [3.05, 3.63) is 11.6 Å². The van der Waals surface area contributed by atoms with E-state index >= 15 is 0 Å². The van der Waals surface area contributed by atoms with Crippen LogP contribution in [0.3, 0.4) is 0 Å². The Balaban J connectivity index is 1.50. The van der Waals surface area contributed by atoms with E-state index in [0.29, 0.717) is 17.9 Å². The van der Waals surface area contributed by atoms with Crippen LogP contribution in [0.4, 0.5) is 0 Å². The van der Waals surface area contributed by atoms with Crippen LogP contribution in [0.1, 0.15) is 105 Å². The first kappa shape index (κ1) is 23.8. The zero-order valence-corrected chi connectivity index (χ0v) is 21.1. The fourth-order valence-corrected chi connectivity index (χ4v) is 9.39. The molecule has 3 saturated carbocycles. The second-order valence-corrected chi connectivity index (χ2v) is 12.7. The van der Waals surface area contributed by atoms with Gasteiger partial charge >= 0.3 is 0 Å². The molecule has 31 heavy (non-hydrogen) atoms. The lowest BCUT2D eigenvalue weighted by atomic mass is 9.46. The van der Waals surface area contributed by atoms with Crippen molar-refractivity contribution >= 4 is 0 Å². The number of hydrogen-bond donors (Lipinski definition) is 2. The average molecular weight is 431 g/mol. The Morgan fingerprint density at radius 3 is 2.48 bits per heavy atom. The van der Waals surface area contributed by atoms with E-state index < -0.39 is 0 Å². The minimum atomic E-state index is -0.189. The molecule has 0 radical (unpaired) electrons. The van der Waals surface area contributed by atoms with E-state index in [1.54, 1.807) is 0 Å². The Hall–Kier alpha value is -0.340. The Morgan fingerprint density at radius 2 is 1.81 bits per heavy atom. The monoisotopic (exact) mass is 430 g/mol. The molecule has 178 valence electrons. The first-order chi connectivity index (χ1) is 14.8. The molecule has 4 aliphatic carbocycles. The fraction of sp³-hybridized carbons (Fsp3) is 0.931. The number of fused-ring (bicyclic) bond motifs is 5. The summed E-state index contributed by atoms with van der Waals surface area (Å²) < 4.78 is 0. The van der Waals surface area contributed by atoms with Crippen molar-refractivity contribution < 1.29 is 10.2 Å². The molecular formula is C29H50O2. The minimum Gasteiger partial charge on any atom is -0.395 e. The van der Waals surface area contributed by atoms with Crippen LogP contribution >= 0.6 is 0 Å². The lowest BCUT2D eigenvalue weighted by Crippen LogP contribution is -2.53. The smallest absolute Gasteiger partial charge is 0.0577 e. The molecule has 4 aliphatic rings. The van der Waals surface area contributed by atoms with Crippen LogP contribution in [-0.2, 0) is 0 Å². The number of allylic oxidation sites excluding steroid dienone is 1. The molecule has 0 heterocycles. The quantitative estimate of drug-likeness (QED) is 0.427. The summed E-state index contributed by atoms with van der Waals surface area (Å²) in [6, 6.07) is 0. The van der Waals surface area contributed by atoms with Gasteiger partial charge in [0.1, 0.15) is 0 Å². The van der Waals surface area contributed by atoms with Crippen LogP contribution in [0, 0.1) is 52.3 Å². The third-order valence-electron chi connectivity index (χ3n) is 11.3. The van der Waals surface area contributed by atoms with Gasteiger partial charge in [0.25, 0.3) is 0 Å². The third-order valence-corrected chi connectivity index (χ3v) is 11.3. The molecule has 2 nitrogen and oxygen atoms in total. The van der Waals surface area contributed by atoms with Crippen molar-refractivity contribution in [2.75, 3.05) is 6.61 Å². The van der Waals surface area contributed by atoms with Gasteiger partial charge in [-0.1, -0.05) is 59.1 Å². The van der Waals surface area contributed by atoms with Crippen LogP contribution < -0.4 is 0 Å². The highest BCUT2D eigenvalue weighted by atomic mass is 16.3. The highest BCUT2D eigenvalue weighted by molar-refractivity contribution is 5.26. The number of aliphatic hydroxyl groups is 2. The van der Waals surface area contributed by atoms with E-state index in [2.05, 4.69) is 40.7 Å². The molecule has 9 atom stereocenters. The lowest BCUT2D eigenvalue weighted by molar-refractivity contribution is -0.0797. The van der Waals surface area contributed by atoms with Gasteiger partial charge in [0, 0.05) is 5.41 Å². The molecule has 0 spiro atoms. The van der Waals surface area contributed by atoms with Crippen molar-refractivity contribution in [2.24, 2.45) is 52.3 Å². The Kier molecular flexibility index (Phi) is 7.01. The summed E-state index contributed by atoms with van der Waals surface area (Å²) in [5.41, 5.74) is 1.88. The zero-order valence-electron chi connectivity index (χ0n) is 21.1. The lowest BCUT2D eigenvalue weighted by Gasteiger charge is -2.59. The maximum absolute atomic E-state index is 10.6. The van der Waals surface area contributed by atoms with Crippen molar-refractivity contribution in [3.8, 4) is 0 Å². The molecule has 0 bridgehead atoms. The molecule has 0 aliphatic heterocycles. The highest BCUT2D eigenvalue weighted by Crippen LogP contribution is 2.67. The predicted molar refractivity (Wildman–Crippen MR) is 130 cm³/mol. The van der Waals surface area contributed by atoms with Gasteiger partial charge in [-0.2, -0.15) is 0 Å². The fourth-order valence-electron chi connectivity index (χ4n) is 9.39. The highest BCUT2D eigenvalue weighted by Gasteiger charge is 2.60. The van der Waals surface area contributed by atoms with E-state index in [0.717, 1.165) is 54.8 Å². The van der Waals surface area contributed by atoms with Crippen LogP contribution in [-0.4, -0.2) is 22.9 Å². The van der Waals surface area contributed by atoms with Gasteiger partial charge in [0.05, 0.1) is 12.7 Å². The van der Waals surface area contributed by atoms with Crippen molar-refractivity contribution in [2.45, 2.75) is 111 Å². The van der Waals surface area contributed by atoms with E-state index in [1.807, 2.05) is 0 Å². The van der Waals surface area contributed by atoms with Gasteiger partial charge < -0.3 is 10.2 Å². The summed E-state index contributed by atoms with van der Waals surface area (Å²) in [5, 5.41) is 20.9. The van der Waals surface area contributed by atoms with E-state index in [9.17, 15) is 10.2 Å². The van der Waals surface area contributed by atoms with Crippen LogP contribution in [0.25, 0.3) is 0 Å². The summed E-state index contributed by atoms with van der Waals surface area (Å²) in [7, 11) is 0. The number of rotatable bonds is 7. The molecule has 0 saturated heterocycles. The number of aliphatic hydroxyl groups excluding tert-OH is 2. The molecule has 0 unspecified atom stereocenters. The van der Waals surface area contributed by atoms with Crippen molar-refractivity contribution in [1.82, 2.24) is 0 Å². The second-order valence-electron chi connectivity index (χ2n) is 12.7. The predicted octanol–water partition coefficient (Wildman–Crippen LogP) is 7.00. The molecule has 0 aromatic carbocycles. The molecule has 2 heteroatoms. The molecule has 2 N–H and O–H groups in total. The summed E-state index contributed by atoms with van der Waals surface area (Å²) >= 11 is 0. The van der Waals surface area contributed by atoms with E-state index in [4.69, 9.17) is 0 Å². The Bertz CT molecular complexity index is 653. The van der Waals surface area contributed by atoms with Crippen LogP contribution in [0.2, 0.25) is 0 Å². The summed E-state index contributed by atoms with van der Waals surface area (Å²) in [4.78, 5) is 0. The van der Waals surface area contributed by atoms with Crippen molar-refractivity contribution in [1.29, 1.82) is 0 Å². The topological polar surface area (TPSA) is 40.5 Å². The standard InChI is InChI=1S/C29H50O2/c1-6-21(19(2)3)8-7-20(4)25-11-12-26-24-10-9-22-17-23(31)13-16-29(22,18-30)27(24)14-15-28(25,26)5/h9,19-21,23-27,30-31H,6-8,10-18H2,1-5H3/t20-,21+,23+,24+,25-,26+,27-,28-,29-/m1/s1. The normalized spacial score (nSPS) is 44.3. The molecule has 0 amide bonds. The largest absolute Gasteiger partial charge is 0.395 e. The van der Waals surface area contributed by atoms with Gasteiger partial charge in [-0.15, -0.1) is 0 Å². The molecular weight excluding hydrogens is 380 g/mol. The number of hydrogen-bond acceptors (Lipinski definition) is 2. The maximum atomic E-state index is 10.6.